The van der Waals surface area contributed by atoms with E-state index in [9.17, 15) is 4.79 Å². The van der Waals surface area contributed by atoms with Gasteiger partial charge in [-0.15, -0.1) is 0 Å². The van der Waals surface area contributed by atoms with Crippen molar-refractivity contribution in [3.8, 4) is 0 Å². The smallest absolute Gasteiger partial charge is 0.372 e. The molecule has 19 heavy (non-hydrogen) atoms. The number of carboxylic acids is 1. The van der Waals surface area contributed by atoms with Gasteiger partial charge in [-0.3, -0.25) is 0 Å². The van der Waals surface area contributed by atoms with Crippen molar-refractivity contribution in [2.75, 3.05) is 0 Å². The van der Waals surface area contributed by atoms with E-state index in [1.165, 1.54) is 23.0 Å². The average Bonchev–Trinajstić information content (AvgIpc) is 2.82. The maximum absolute atomic E-state index is 10.9. The lowest BCUT2D eigenvalue weighted by Gasteiger charge is -2.07. The van der Waals surface area contributed by atoms with Crippen molar-refractivity contribution >= 4 is 5.97 Å². The first-order valence-corrected chi connectivity index (χ1v) is 6.14. The molecule has 2 N–H and O–H groups in total. The van der Waals surface area contributed by atoms with Gasteiger partial charge in [-0.05, 0) is 36.6 Å². The van der Waals surface area contributed by atoms with Crippen molar-refractivity contribution in [3.05, 3.63) is 58.5 Å². The van der Waals surface area contributed by atoms with Crippen LogP contribution in [0.4, 0.5) is 0 Å². The number of benzene rings is 1. The number of carboxylic acid groups (broad SMARTS) is 1. The van der Waals surface area contributed by atoms with E-state index in [0.717, 1.165) is 0 Å². The Morgan fingerprint density at radius 3 is 2.68 bits per heavy atom. The third-order valence-electron chi connectivity index (χ3n) is 3.16. The van der Waals surface area contributed by atoms with Crippen molar-refractivity contribution in [1.82, 2.24) is 5.32 Å². The summed E-state index contributed by atoms with van der Waals surface area (Å²) in [5, 5.41) is 12.1. The van der Waals surface area contributed by atoms with Crippen molar-refractivity contribution in [3.63, 3.8) is 0 Å². The number of hydrogen-bond acceptors (Lipinski definition) is 3. The summed E-state index contributed by atoms with van der Waals surface area (Å²) in [5.41, 5.74) is 4.38. The summed E-state index contributed by atoms with van der Waals surface area (Å²) < 4.78 is 4.92. The van der Waals surface area contributed by atoms with E-state index >= 15 is 0 Å². The molecule has 0 amide bonds. The van der Waals surface area contributed by atoms with Gasteiger partial charge in [-0.25, -0.2) is 4.79 Å². The van der Waals surface area contributed by atoms with Crippen LogP contribution < -0.4 is 5.32 Å². The van der Waals surface area contributed by atoms with Gasteiger partial charge >= 0.3 is 5.97 Å². The first-order valence-electron chi connectivity index (χ1n) is 6.14. The van der Waals surface area contributed by atoms with Gasteiger partial charge < -0.3 is 14.8 Å². The lowest BCUT2D eigenvalue weighted by Crippen LogP contribution is -2.14. The maximum Gasteiger partial charge on any atom is 0.372 e. The van der Waals surface area contributed by atoms with Gasteiger partial charge in [0, 0.05) is 18.7 Å². The average molecular weight is 259 g/mol. The second-order valence-electron chi connectivity index (χ2n) is 4.60. The molecule has 0 bridgehead atoms. The van der Waals surface area contributed by atoms with Crippen LogP contribution in [0.1, 0.15) is 32.8 Å². The van der Waals surface area contributed by atoms with Crippen LogP contribution in [0.2, 0.25) is 0 Å². The molecule has 0 aliphatic rings. The van der Waals surface area contributed by atoms with Crippen molar-refractivity contribution < 1.29 is 14.3 Å². The molecule has 1 aromatic heterocycles. The second-order valence-corrected chi connectivity index (χ2v) is 4.60. The molecule has 0 fully saturated rings. The molecule has 0 spiro atoms. The summed E-state index contributed by atoms with van der Waals surface area (Å²) in [6, 6.07) is 7.97. The Morgan fingerprint density at radius 1 is 1.21 bits per heavy atom. The predicted molar refractivity (Wildman–Crippen MR) is 72.1 cm³/mol. The fourth-order valence-electron chi connectivity index (χ4n) is 1.92. The Bertz CT molecular complexity index is 587. The standard InChI is InChI=1S/C15H17NO3/c1-10-3-4-12(7-11(10)2)8-16-9-13-5-6-19-14(13)15(17)18/h3-7,16H,8-9H2,1-2H3,(H,17,18). The van der Waals surface area contributed by atoms with Crippen LogP contribution in [-0.4, -0.2) is 11.1 Å². The summed E-state index contributed by atoms with van der Waals surface area (Å²) in [5.74, 6) is -1.03. The van der Waals surface area contributed by atoms with E-state index in [4.69, 9.17) is 9.52 Å². The van der Waals surface area contributed by atoms with Gasteiger partial charge in [-0.1, -0.05) is 18.2 Å². The number of hydrogen-bond donors (Lipinski definition) is 2. The van der Waals surface area contributed by atoms with E-state index in [2.05, 4.69) is 37.4 Å². The molecule has 1 aromatic carbocycles. The first kappa shape index (κ1) is 13.4. The first-order chi connectivity index (χ1) is 9.08. The summed E-state index contributed by atoms with van der Waals surface area (Å²) in [6.45, 7) is 5.34. The highest BCUT2D eigenvalue weighted by Gasteiger charge is 2.12. The van der Waals surface area contributed by atoms with Gasteiger partial charge in [0.05, 0.1) is 6.26 Å². The SMILES string of the molecule is Cc1ccc(CNCc2ccoc2C(=O)O)cc1C. The van der Waals surface area contributed by atoms with Crippen LogP contribution in [0, 0.1) is 13.8 Å². The highest BCUT2D eigenvalue weighted by atomic mass is 16.4. The summed E-state index contributed by atoms with van der Waals surface area (Å²) in [4.78, 5) is 10.9. The molecule has 4 nitrogen and oxygen atoms in total. The minimum absolute atomic E-state index is 0.00702. The summed E-state index contributed by atoms with van der Waals surface area (Å²) in [6.07, 6.45) is 1.40. The monoisotopic (exact) mass is 259 g/mol. The normalized spacial score (nSPS) is 10.6. The molecular formula is C15H17NO3. The van der Waals surface area contributed by atoms with Crippen LogP contribution in [0.5, 0.6) is 0 Å². The Morgan fingerprint density at radius 2 is 2.00 bits per heavy atom. The van der Waals surface area contributed by atoms with E-state index < -0.39 is 5.97 Å². The van der Waals surface area contributed by atoms with E-state index in [0.29, 0.717) is 18.7 Å². The Balaban J connectivity index is 1.94. The highest BCUT2D eigenvalue weighted by molar-refractivity contribution is 5.86. The van der Waals surface area contributed by atoms with Crippen molar-refractivity contribution in [1.29, 1.82) is 0 Å². The fourth-order valence-corrected chi connectivity index (χ4v) is 1.92. The molecule has 4 heteroatoms. The van der Waals surface area contributed by atoms with Gasteiger partial charge in [0.25, 0.3) is 0 Å². The molecule has 2 rings (SSSR count). The van der Waals surface area contributed by atoms with Crippen LogP contribution in [0.25, 0.3) is 0 Å². The predicted octanol–water partition coefficient (Wildman–Crippen LogP) is 2.88. The molecule has 2 aromatic rings. The molecular weight excluding hydrogens is 242 g/mol. The Labute approximate surface area is 112 Å². The van der Waals surface area contributed by atoms with Gasteiger partial charge in [0.1, 0.15) is 0 Å². The molecule has 0 radical (unpaired) electrons. The Hall–Kier alpha value is -2.07. The molecule has 0 aliphatic heterocycles. The van der Waals surface area contributed by atoms with Crippen molar-refractivity contribution in [2.24, 2.45) is 0 Å². The van der Waals surface area contributed by atoms with Gasteiger partial charge in [-0.2, -0.15) is 0 Å². The zero-order chi connectivity index (χ0) is 13.8. The second kappa shape index (κ2) is 5.71. The van der Waals surface area contributed by atoms with E-state index in [1.807, 2.05) is 0 Å². The third-order valence-corrected chi connectivity index (χ3v) is 3.16. The number of carbonyl (C=O) groups is 1. The maximum atomic E-state index is 10.9. The van der Waals surface area contributed by atoms with Crippen LogP contribution in [0.3, 0.4) is 0 Å². The molecule has 0 saturated carbocycles. The zero-order valence-corrected chi connectivity index (χ0v) is 11.1. The molecule has 100 valence electrons. The minimum atomic E-state index is -1.03. The highest BCUT2D eigenvalue weighted by Crippen LogP contribution is 2.12. The molecule has 0 atom stereocenters. The molecule has 0 unspecified atom stereocenters. The fraction of sp³-hybridized carbons (Fsp3) is 0.267. The number of aromatic carboxylic acids is 1. The largest absolute Gasteiger partial charge is 0.475 e. The van der Waals surface area contributed by atoms with Gasteiger partial charge in [0.2, 0.25) is 5.76 Å². The quantitative estimate of drug-likeness (QED) is 0.866. The number of rotatable bonds is 5. The van der Waals surface area contributed by atoms with Crippen molar-refractivity contribution in [2.45, 2.75) is 26.9 Å². The lowest BCUT2D eigenvalue weighted by atomic mass is 10.1. The number of nitrogens with one attached hydrogen (secondary N) is 1. The molecule has 0 aliphatic carbocycles. The van der Waals surface area contributed by atoms with Crippen LogP contribution in [0.15, 0.2) is 34.9 Å². The number of furan rings is 1. The van der Waals surface area contributed by atoms with Crippen LogP contribution in [-0.2, 0) is 13.1 Å². The molecule has 1 heterocycles. The van der Waals surface area contributed by atoms with Gasteiger partial charge in [0.15, 0.2) is 0 Å². The minimum Gasteiger partial charge on any atom is -0.475 e. The zero-order valence-electron chi connectivity index (χ0n) is 11.1. The summed E-state index contributed by atoms with van der Waals surface area (Å²) in [7, 11) is 0. The van der Waals surface area contributed by atoms with Crippen LogP contribution >= 0.6 is 0 Å². The van der Waals surface area contributed by atoms with E-state index in [-0.39, 0.29) is 5.76 Å². The topological polar surface area (TPSA) is 62.5 Å². The van der Waals surface area contributed by atoms with E-state index in [1.54, 1.807) is 6.07 Å². The molecule has 0 saturated heterocycles. The lowest BCUT2D eigenvalue weighted by molar-refractivity contribution is 0.0660. The summed E-state index contributed by atoms with van der Waals surface area (Å²) >= 11 is 0. The Kier molecular flexibility index (Phi) is 4.02. The third kappa shape index (κ3) is 3.23. The number of aryl methyl sites for hydroxylation is 2.